The Kier molecular flexibility index (Phi) is 6.95. The summed E-state index contributed by atoms with van der Waals surface area (Å²) in [5.74, 6) is 1.07. The van der Waals surface area contributed by atoms with Crippen LogP contribution in [0.2, 0.25) is 5.02 Å². The zero-order valence-corrected chi connectivity index (χ0v) is 15.0. The predicted octanol–water partition coefficient (Wildman–Crippen LogP) is 4.13. The Morgan fingerprint density at radius 3 is 2.52 bits per heavy atom. The van der Waals surface area contributed by atoms with Gasteiger partial charge in [-0.15, -0.1) is 0 Å². The van der Waals surface area contributed by atoms with Gasteiger partial charge >= 0.3 is 5.97 Å². The van der Waals surface area contributed by atoms with Gasteiger partial charge in [-0.25, -0.2) is 0 Å². The predicted molar refractivity (Wildman–Crippen MR) is 96.1 cm³/mol. The second-order valence-electron chi connectivity index (χ2n) is 5.49. The number of aliphatic carboxylic acids is 1. The molecule has 0 aliphatic rings. The molecule has 2 aromatic carbocycles. The molecule has 0 spiro atoms. The molecule has 1 N–H and O–H groups in total. The molecular formula is C19H21ClO5. The SMILES string of the molecule is COc1ccc(CCC(=O)O)cc1OCCOc1ccc(Cl)c(C)c1. The average molecular weight is 365 g/mol. The lowest BCUT2D eigenvalue weighted by Gasteiger charge is -2.13. The first kappa shape index (κ1) is 18.9. The summed E-state index contributed by atoms with van der Waals surface area (Å²) < 4.78 is 16.6. The molecule has 0 saturated carbocycles. The van der Waals surface area contributed by atoms with Gasteiger partial charge in [0.25, 0.3) is 0 Å². The van der Waals surface area contributed by atoms with Gasteiger partial charge in [0, 0.05) is 11.4 Å². The van der Waals surface area contributed by atoms with Crippen molar-refractivity contribution in [2.45, 2.75) is 19.8 Å². The van der Waals surface area contributed by atoms with Crippen molar-refractivity contribution in [1.82, 2.24) is 0 Å². The third-order valence-corrected chi connectivity index (χ3v) is 4.02. The third kappa shape index (κ3) is 5.87. The molecule has 0 aliphatic heterocycles. The Hall–Kier alpha value is -2.40. The second kappa shape index (κ2) is 9.18. The van der Waals surface area contributed by atoms with Crippen LogP contribution in [0.5, 0.6) is 17.2 Å². The van der Waals surface area contributed by atoms with Crippen LogP contribution in [-0.2, 0) is 11.2 Å². The average Bonchev–Trinajstić information content (AvgIpc) is 2.60. The van der Waals surface area contributed by atoms with E-state index in [0.717, 1.165) is 16.9 Å². The Morgan fingerprint density at radius 2 is 1.84 bits per heavy atom. The van der Waals surface area contributed by atoms with Crippen LogP contribution in [-0.4, -0.2) is 31.4 Å². The van der Waals surface area contributed by atoms with Crippen LogP contribution >= 0.6 is 11.6 Å². The summed E-state index contributed by atoms with van der Waals surface area (Å²) >= 11 is 5.98. The molecule has 0 radical (unpaired) electrons. The molecule has 2 rings (SSSR count). The number of ether oxygens (including phenoxy) is 3. The summed E-state index contributed by atoms with van der Waals surface area (Å²) in [6, 6.07) is 10.9. The van der Waals surface area contributed by atoms with Crippen LogP contribution in [0.1, 0.15) is 17.5 Å². The van der Waals surface area contributed by atoms with E-state index in [4.69, 9.17) is 30.9 Å². The standard InChI is InChI=1S/C19H21ClO5/c1-13-11-15(5-6-16(13)20)24-9-10-25-18-12-14(4-8-19(21)22)3-7-17(18)23-2/h3,5-7,11-12H,4,8-10H2,1-2H3,(H,21,22). The van der Waals surface area contributed by atoms with Gasteiger partial charge in [0.1, 0.15) is 19.0 Å². The van der Waals surface area contributed by atoms with Crippen molar-refractivity contribution in [3.63, 3.8) is 0 Å². The monoisotopic (exact) mass is 364 g/mol. The number of carboxylic acids is 1. The lowest BCUT2D eigenvalue weighted by atomic mass is 10.1. The maximum absolute atomic E-state index is 10.7. The Bertz CT molecular complexity index is 730. The van der Waals surface area contributed by atoms with Gasteiger partial charge in [0.05, 0.1) is 7.11 Å². The number of hydrogen-bond donors (Lipinski definition) is 1. The fourth-order valence-corrected chi connectivity index (χ4v) is 2.38. The van der Waals surface area contributed by atoms with Crippen LogP contribution in [0, 0.1) is 6.92 Å². The van der Waals surface area contributed by atoms with E-state index in [2.05, 4.69) is 0 Å². The molecule has 0 heterocycles. The van der Waals surface area contributed by atoms with E-state index in [1.54, 1.807) is 25.3 Å². The first-order valence-electron chi connectivity index (χ1n) is 7.90. The van der Waals surface area contributed by atoms with E-state index in [-0.39, 0.29) is 6.42 Å². The van der Waals surface area contributed by atoms with Crippen molar-refractivity contribution < 1.29 is 24.1 Å². The molecule has 0 amide bonds. The van der Waals surface area contributed by atoms with Gasteiger partial charge < -0.3 is 19.3 Å². The molecule has 2 aromatic rings. The highest BCUT2D eigenvalue weighted by molar-refractivity contribution is 6.31. The van der Waals surface area contributed by atoms with E-state index < -0.39 is 5.97 Å². The van der Waals surface area contributed by atoms with E-state index in [0.29, 0.717) is 36.2 Å². The quantitative estimate of drug-likeness (QED) is 0.678. The number of carbonyl (C=O) groups is 1. The molecule has 0 aromatic heterocycles. The van der Waals surface area contributed by atoms with Crippen LogP contribution in [0.3, 0.4) is 0 Å². The smallest absolute Gasteiger partial charge is 0.303 e. The number of benzene rings is 2. The van der Waals surface area contributed by atoms with Gasteiger partial charge in [0.2, 0.25) is 0 Å². The van der Waals surface area contributed by atoms with Gasteiger partial charge in [-0.3, -0.25) is 4.79 Å². The van der Waals surface area contributed by atoms with Crippen molar-refractivity contribution in [2.75, 3.05) is 20.3 Å². The molecule has 5 nitrogen and oxygen atoms in total. The lowest BCUT2D eigenvalue weighted by molar-refractivity contribution is -0.136. The summed E-state index contributed by atoms with van der Waals surface area (Å²) in [4.78, 5) is 10.7. The highest BCUT2D eigenvalue weighted by Crippen LogP contribution is 2.28. The third-order valence-electron chi connectivity index (χ3n) is 3.59. The largest absolute Gasteiger partial charge is 0.493 e. The fourth-order valence-electron chi connectivity index (χ4n) is 2.26. The highest BCUT2D eigenvalue weighted by atomic mass is 35.5. The maximum atomic E-state index is 10.7. The van der Waals surface area contributed by atoms with E-state index in [1.807, 2.05) is 25.1 Å². The van der Waals surface area contributed by atoms with E-state index in [1.165, 1.54) is 0 Å². The Morgan fingerprint density at radius 1 is 1.08 bits per heavy atom. The molecule has 0 fully saturated rings. The number of rotatable bonds is 9. The molecular weight excluding hydrogens is 344 g/mol. The van der Waals surface area contributed by atoms with Crippen molar-refractivity contribution >= 4 is 17.6 Å². The summed E-state index contributed by atoms with van der Waals surface area (Å²) in [5.41, 5.74) is 1.83. The summed E-state index contributed by atoms with van der Waals surface area (Å²) in [6.45, 7) is 2.61. The summed E-state index contributed by atoms with van der Waals surface area (Å²) in [5, 5.41) is 9.48. The summed E-state index contributed by atoms with van der Waals surface area (Å²) in [6.07, 6.45) is 0.515. The zero-order chi connectivity index (χ0) is 18.2. The van der Waals surface area contributed by atoms with Crippen LogP contribution < -0.4 is 14.2 Å². The van der Waals surface area contributed by atoms with Crippen molar-refractivity contribution in [1.29, 1.82) is 0 Å². The molecule has 25 heavy (non-hydrogen) atoms. The number of carboxylic acid groups (broad SMARTS) is 1. The van der Waals surface area contributed by atoms with Gasteiger partial charge in [-0.05, 0) is 54.8 Å². The normalized spacial score (nSPS) is 10.4. The topological polar surface area (TPSA) is 65.0 Å². The van der Waals surface area contributed by atoms with Crippen LogP contribution in [0.4, 0.5) is 0 Å². The zero-order valence-electron chi connectivity index (χ0n) is 14.3. The molecule has 0 unspecified atom stereocenters. The molecule has 134 valence electrons. The molecule has 0 saturated heterocycles. The lowest BCUT2D eigenvalue weighted by Crippen LogP contribution is -2.10. The van der Waals surface area contributed by atoms with Crippen molar-refractivity contribution in [3.05, 3.63) is 52.5 Å². The molecule has 0 bridgehead atoms. The Balaban J connectivity index is 1.90. The van der Waals surface area contributed by atoms with E-state index >= 15 is 0 Å². The second-order valence-corrected chi connectivity index (χ2v) is 5.89. The first-order chi connectivity index (χ1) is 12.0. The number of aryl methyl sites for hydroxylation is 2. The Labute approximate surface area is 152 Å². The minimum absolute atomic E-state index is 0.0742. The summed E-state index contributed by atoms with van der Waals surface area (Å²) in [7, 11) is 1.56. The van der Waals surface area contributed by atoms with Gasteiger partial charge in [-0.1, -0.05) is 17.7 Å². The molecule has 6 heteroatoms. The minimum Gasteiger partial charge on any atom is -0.493 e. The van der Waals surface area contributed by atoms with Crippen LogP contribution in [0.15, 0.2) is 36.4 Å². The van der Waals surface area contributed by atoms with Gasteiger partial charge in [-0.2, -0.15) is 0 Å². The maximum Gasteiger partial charge on any atom is 0.303 e. The number of hydrogen-bond acceptors (Lipinski definition) is 4. The first-order valence-corrected chi connectivity index (χ1v) is 8.28. The van der Waals surface area contributed by atoms with Crippen molar-refractivity contribution in [3.8, 4) is 17.2 Å². The van der Waals surface area contributed by atoms with Crippen LogP contribution in [0.25, 0.3) is 0 Å². The molecule has 0 aliphatic carbocycles. The highest BCUT2D eigenvalue weighted by Gasteiger charge is 2.08. The van der Waals surface area contributed by atoms with E-state index in [9.17, 15) is 4.79 Å². The number of methoxy groups -OCH3 is 1. The molecule has 0 atom stereocenters. The van der Waals surface area contributed by atoms with Gasteiger partial charge in [0.15, 0.2) is 11.5 Å². The number of halogens is 1. The fraction of sp³-hybridized carbons (Fsp3) is 0.316. The van der Waals surface area contributed by atoms with Crippen molar-refractivity contribution in [2.24, 2.45) is 0 Å². The minimum atomic E-state index is -0.829.